The summed E-state index contributed by atoms with van der Waals surface area (Å²) in [6.45, 7) is 2.48. The molecule has 0 aliphatic carbocycles. The zero-order chi connectivity index (χ0) is 12.3. The lowest BCUT2D eigenvalue weighted by atomic mass is 10.1. The van der Waals surface area contributed by atoms with Crippen molar-refractivity contribution >= 4 is 26.8 Å². The highest BCUT2D eigenvalue weighted by Crippen LogP contribution is 2.27. The van der Waals surface area contributed by atoms with E-state index in [9.17, 15) is 5.11 Å². The molecule has 0 bridgehead atoms. The summed E-state index contributed by atoms with van der Waals surface area (Å²) in [5.74, 6) is 0.557. The Kier molecular flexibility index (Phi) is 3.97. The van der Waals surface area contributed by atoms with E-state index in [1.807, 2.05) is 31.2 Å². The molecule has 0 aliphatic heterocycles. The highest BCUT2D eigenvalue weighted by Gasteiger charge is 2.12. The van der Waals surface area contributed by atoms with Gasteiger partial charge >= 0.3 is 0 Å². The molecule has 0 fully saturated rings. The van der Waals surface area contributed by atoms with Gasteiger partial charge in [0.25, 0.3) is 0 Å². The Morgan fingerprint density at radius 3 is 2.88 bits per heavy atom. The van der Waals surface area contributed by atoms with Crippen molar-refractivity contribution in [2.75, 3.05) is 11.9 Å². The maximum atomic E-state index is 9.99. The quantitative estimate of drug-likeness (QED) is 0.882. The summed E-state index contributed by atoms with van der Waals surface area (Å²) < 4.78 is 5.41. The van der Waals surface area contributed by atoms with Crippen molar-refractivity contribution in [1.82, 2.24) is 4.98 Å². The van der Waals surface area contributed by atoms with Gasteiger partial charge in [-0.2, -0.15) is 0 Å². The van der Waals surface area contributed by atoms with Gasteiger partial charge in [0, 0.05) is 16.8 Å². The number of nitrogens with zero attached hydrogens (tertiary/aromatic N) is 1. The van der Waals surface area contributed by atoms with Crippen LogP contribution >= 0.6 is 15.9 Å². The first kappa shape index (κ1) is 12.3. The van der Waals surface area contributed by atoms with Crippen LogP contribution in [0.1, 0.15) is 18.6 Å². The van der Waals surface area contributed by atoms with Crippen molar-refractivity contribution in [3.05, 3.63) is 35.9 Å². The van der Waals surface area contributed by atoms with Gasteiger partial charge in [-0.1, -0.05) is 34.1 Å². The maximum absolute atomic E-state index is 9.99. The van der Waals surface area contributed by atoms with E-state index in [4.69, 9.17) is 4.74 Å². The summed E-state index contributed by atoms with van der Waals surface area (Å²) in [7, 11) is 0. The van der Waals surface area contributed by atoms with E-state index in [1.54, 1.807) is 6.07 Å². The number of benzene rings is 1. The molecule has 2 aromatic rings. The van der Waals surface area contributed by atoms with E-state index < -0.39 is 6.10 Å². The van der Waals surface area contributed by atoms with Gasteiger partial charge < -0.3 is 9.84 Å². The molecule has 1 heterocycles. The second-order valence-electron chi connectivity index (χ2n) is 3.67. The molecule has 1 aromatic heterocycles. The van der Waals surface area contributed by atoms with E-state index in [2.05, 4.69) is 20.9 Å². The van der Waals surface area contributed by atoms with Crippen molar-refractivity contribution < 1.29 is 9.84 Å². The molecular formula is C13H14BrNO2. The molecule has 1 unspecified atom stereocenters. The number of aliphatic hydroxyl groups excluding tert-OH is 1. The van der Waals surface area contributed by atoms with Gasteiger partial charge in [-0.3, -0.25) is 0 Å². The summed E-state index contributed by atoms with van der Waals surface area (Å²) in [5.41, 5.74) is 1.68. The summed E-state index contributed by atoms with van der Waals surface area (Å²) in [6, 6.07) is 9.55. The van der Waals surface area contributed by atoms with Gasteiger partial charge in [-0.15, -0.1) is 0 Å². The number of ether oxygens (including phenoxy) is 1. The minimum atomic E-state index is -0.554. The summed E-state index contributed by atoms with van der Waals surface area (Å²) in [5, 5.41) is 11.4. The molecule has 4 heteroatoms. The summed E-state index contributed by atoms with van der Waals surface area (Å²) in [4.78, 5) is 4.39. The highest BCUT2D eigenvalue weighted by molar-refractivity contribution is 9.09. The van der Waals surface area contributed by atoms with Crippen molar-refractivity contribution in [3.63, 3.8) is 0 Å². The number of halogens is 1. The van der Waals surface area contributed by atoms with E-state index in [0.717, 1.165) is 16.5 Å². The SMILES string of the molecule is CCOc1cc(C(O)CBr)c2ccccc2n1. The molecule has 0 amide bonds. The Morgan fingerprint density at radius 1 is 1.41 bits per heavy atom. The molecule has 0 aliphatic rings. The molecule has 0 spiro atoms. The molecule has 17 heavy (non-hydrogen) atoms. The van der Waals surface area contributed by atoms with Crippen LogP contribution in [-0.2, 0) is 0 Å². The molecule has 0 saturated heterocycles. The van der Waals surface area contributed by atoms with E-state index >= 15 is 0 Å². The standard InChI is InChI=1S/C13H14BrNO2/c1-2-17-13-7-10(12(16)8-14)9-5-3-4-6-11(9)15-13/h3-7,12,16H,2,8H2,1H3. The Morgan fingerprint density at radius 2 is 2.18 bits per heavy atom. The first-order valence-corrected chi connectivity index (χ1v) is 6.65. The number of alkyl halides is 1. The first-order valence-electron chi connectivity index (χ1n) is 5.52. The first-order chi connectivity index (χ1) is 8.26. The summed E-state index contributed by atoms with van der Waals surface area (Å²) in [6.07, 6.45) is -0.554. The van der Waals surface area contributed by atoms with Crippen LogP contribution in [0.25, 0.3) is 10.9 Å². The molecule has 1 aromatic carbocycles. The van der Waals surface area contributed by atoms with Gasteiger partial charge in [-0.05, 0) is 18.6 Å². The zero-order valence-electron chi connectivity index (χ0n) is 9.56. The monoisotopic (exact) mass is 295 g/mol. The van der Waals surface area contributed by atoms with Crippen LogP contribution in [0.2, 0.25) is 0 Å². The van der Waals surface area contributed by atoms with Crippen molar-refractivity contribution in [1.29, 1.82) is 0 Å². The lowest BCUT2D eigenvalue weighted by Crippen LogP contribution is -2.03. The van der Waals surface area contributed by atoms with Crippen molar-refractivity contribution in [2.24, 2.45) is 0 Å². The second kappa shape index (κ2) is 5.47. The van der Waals surface area contributed by atoms with Gasteiger partial charge in [0.15, 0.2) is 0 Å². The Balaban J connectivity index is 2.60. The van der Waals surface area contributed by atoms with Crippen molar-refractivity contribution in [3.8, 4) is 5.88 Å². The lowest BCUT2D eigenvalue weighted by molar-refractivity contribution is 0.206. The number of fused-ring (bicyclic) bond motifs is 1. The highest BCUT2D eigenvalue weighted by atomic mass is 79.9. The van der Waals surface area contributed by atoms with Crippen LogP contribution in [0.3, 0.4) is 0 Å². The predicted molar refractivity (Wildman–Crippen MR) is 71.7 cm³/mol. The van der Waals surface area contributed by atoms with Crippen LogP contribution in [0, 0.1) is 0 Å². The van der Waals surface area contributed by atoms with E-state index in [0.29, 0.717) is 17.8 Å². The predicted octanol–water partition coefficient (Wildman–Crippen LogP) is 3.06. The molecule has 3 nitrogen and oxygen atoms in total. The molecule has 0 saturated carbocycles. The van der Waals surface area contributed by atoms with Crippen LogP contribution in [0.5, 0.6) is 5.88 Å². The van der Waals surface area contributed by atoms with Crippen molar-refractivity contribution in [2.45, 2.75) is 13.0 Å². The zero-order valence-corrected chi connectivity index (χ0v) is 11.1. The second-order valence-corrected chi connectivity index (χ2v) is 4.32. The van der Waals surface area contributed by atoms with Gasteiger partial charge in [0.1, 0.15) is 0 Å². The van der Waals surface area contributed by atoms with Gasteiger partial charge in [0.05, 0.1) is 18.2 Å². The fourth-order valence-electron chi connectivity index (χ4n) is 1.76. The summed E-state index contributed by atoms with van der Waals surface area (Å²) >= 11 is 3.29. The van der Waals surface area contributed by atoms with Crippen LogP contribution in [-0.4, -0.2) is 22.0 Å². The minimum Gasteiger partial charge on any atom is -0.478 e. The van der Waals surface area contributed by atoms with E-state index in [-0.39, 0.29) is 0 Å². The Hall–Kier alpha value is -1.13. The number of hydrogen-bond acceptors (Lipinski definition) is 3. The molecule has 90 valence electrons. The minimum absolute atomic E-state index is 0.493. The number of rotatable bonds is 4. The number of aliphatic hydroxyl groups is 1. The van der Waals surface area contributed by atoms with Gasteiger partial charge in [-0.25, -0.2) is 4.98 Å². The maximum Gasteiger partial charge on any atom is 0.214 e. The third-order valence-electron chi connectivity index (χ3n) is 2.52. The molecule has 0 radical (unpaired) electrons. The third-order valence-corrected chi connectivity index (χ3v) is 3.14. The number of pyridine rings is 1. The van der Waals surface area contributed by atoms with Crippen LogP contribution in [0.15, 0.2) is 30.3 Å². The molecule has 2 rings (SSSR count). The largest absolute Gasteiger partial charge is 0.478 e. The lowest BCUT2D eigenvalue weighted by Gasteiger charge is -2.13. The average Bonchev–Trinajstić information content (AvgIpc) is 2.37. The Labute approximate surface area is 109 Å². The number of hydrogen-bond donors (Lipinski definition) is 1. The normalized spacial score (nSPS) is 12.6. The fraction of sp³-hybridized carbons (Fsp3) is 0.308. The fourth-order valence-corrected chi connectivity index (χ4v) is 2.11. The number of para-hydroxylation sites is 1. The van der Waals surface area contributed by atoms with E-state index in [1.165, 1.54) is 0 Å². The van der Waals surface area contributed by atoms with Gasteiger partial charge in [0.2, 0.25) is 5.88 Å². The third kappa shape index (κ3) is 2.58. The smallest absolute Gasteiger partial charge is 0.214 e. The number of aromatic nitrogens is 1. The molecular weight excluding hydrogens is 282 g/mol. The molecule has 1 N–H and O–H groups in total. The molecule has 1 atom stereocenters. The van der Waals surface area contributed by atoms with Crippen LogP contribution in [0.4, 0.5) is 0 Å². The van der Waals surface area contributed by atoms with Crippen LogP contribution < -0.4 is 4.74 Å². The average molecular weight is 296 g/mol. The topological polar surface area (TPSA) is 42.4 Å². The Bertz CT molecular complexity index is 516.